The molecule has 3 aromatic rings. The second kappa shape index (κ2) is 12.8. The van der Waals surface area contributed by atoms with Crippen LogP contribution in [-0.4, -0.2) is 24.6 Å². The van der Waals surface area contributed by atoms with Gasteiger partial charge in [-0.1, -0.05) is 41.9 Å². The first-order valence-electron chi connectivity index (χ1n) is 10.7. The quantitative estimate of drug-likeness (QED) is 0.243. The van der Waals surface area contributed by atoms with Crippen LogP contribution in [0.25, 0.3) is 0 Å². The van der Waals surface area contributed by atoms with E-state index >= 15 is 0 Å². The molecule has 0 unspecified atom stereocenters. The van der Waals surface area contributed by atoms with Crippen molar-refractivity contribution < 1.29 is 19.1 Å². The van der Waals surface area contributed by atoms with Gasteiger partial charge in [0.05, 0.1) is 35.2 Å². The van der Waals surface area contributed by atoms with Crippen molar-refractivity contribution in [3.05, 3.63) is 88.4 Å². The van der Waals surface area contributed by atoms with Crippen molar-refractivity contribution in [1.29, 1.82) is 5.26 Å². The van der Waals surface area contributed by atoms with Crippen LogP contribution >= 0.6 is 11.6 Å². The molecule has 0 radical (unpaired) electrons. The highest BCUT2D eigenvalue weighted by molar-refractivity contribution is 6.33. The maximum absolute atomic E-state index is 12.0. The summed E-state index contributed by atoms with van der Waals surface area (Å²) in [5, 5.41) is 16.1. The highest BCUT2D eigenvalue weighted by Crippen LogP contribution is 2.29. The Labute approximate surface area is 208 Å². The fraction of sp³-hybridized carbons (Fsp3) is 0.154. The molecule has 2 amide bonds. The number of rotatable bonds is 10. The molecule has 0 saturated carbocycles. The van der Waals surface area contributed by atoms with E-state index in [4.69, 9.17) is 21.1 Å². The Hall–Kier alpha value is -4.35. The number of para-hydroxylation sites is 1. The molecule has 3 aromatic carbocycles. The Morgan fingerprint density at radius 3 is 2.57 bits per heavy atom. The number of nitrogens with one attached hydrogen (secondary N) is 2. The van der Waals surface area contributed by atoms with Gasteiger partial charge in [0.25, 0.3) is 0 Å². The Bertz CT molecular complexity index is 1270. The number of halogens is 1. The maximum Gasteiger partial charge on any atom is 0.249 e. The second-order valence-electron chi connectivity index (χ2n) is 7.19. The summed E-state index contributed by atoms with van der Waals surface area (Å²) in [6, 6.07) is 21.3. The van der Waals surface area contributed by atoms with Gasteiger partial charge >= 0.3 is 0 Å². The van der Waals surface area contributed by atoms with Gasteiger partial charge in [-0.25, -0.2) is 5.43 Å². The summed E-state index contributed by atoms with van der Waals surface area (Å²) in [5.41, 5.74) is 4.72. The number of carbonyl (C=O) groups is 2. The van der Waals surface area contributed by atoms with E-state index < -0.39 is 18.2 Å². The molecule has 0 saturated heterocycles. The fourth-order valence-corrected chi connectivity index (χ4v) is 3.21. The molecule has 0 atom stereocenters. The predicted molar refractivity (Wildman–Crippen MR) is 134 cm³/mol. The fourth-order valence-electron chi connectivity index (χ4n) is 3.02. The minimum atomic E-state index is -0.577. The van der Waals surface area contributed by atoms with Crippen LogP contribution in [0, 0.1) is 11.3 Å². The average Bonchev–Trinajstić information content (AvgIpc) is 2.85. The lowest BCUT2D eigenvalue weighted by molar-refractivity contribution is -0.126. The van der Waals surface area contributed by atoms with E-state index in [9.17, 15) is 14.9 Å². The molecule has 0 aliphatic carbocycles. The van der Waals surface area contributed by atoms with Gasteiger partial charge in [0.2, 0.25) is 11.8 Å². The van der Waals surface area contributed by atoms with E-state index in [1.54, 1.807) is 54.6 Å². The summed E-state index contributed by atoms with van der Waals surface area (Å²) >= 11 is 6.00. The van der Waals surface area contributed by atoms with Crippen molar-refractivity contribution in [2.24, 2.45) is 5.10 Å². The number of carbonyl (C=O) groups excluding carboxylic acids is 2. The zero-order valence-corrected chi connectivity index (χ0v) is 19.7. The molecule has 178 valence electrons. The van der Waals surface area contributed by atoms with Crippen LogP contribution in [0.5, 0.6) is 11.5 Å². The third-order valence-corrected chi connectivity index (χ3v) is 4.99. The zero-order chi connectivity index (χ0) is 25.0. The molecule has 0 spiro atoms. The molecule has 35 heavy (non-hydrogen) atoms. The summed E-state index contributed by atoms with van der Waals surface area (Å²) in [6.07, 6.45) is 1.02. The molecule has 2 N–H and O–H groups in total. The molecule has 9 heteroatoms. The summed E-state index contributed by atoms with van der Waals surface area (Å²) in [4.78, 5) is 24.1. The van der Waals surface area contributed by atoms with E-state index in [0.29, 0.717) is 39.9 Å². The predicted octanol–water partition coefficient (Wildman–Crippen LogP) is 4.67. The summed E-state index contributed by atoms with van der Waals surface area (Å²) in [5.74, 6) is -0.0794. The van der Waals surface area contributed by atoms with Crippen molar-refractivity contribution in [3.63, 3.8) is 0 Å². The SMILES string of the molecule is CCOc1cc(C=NNC(=O)CC(=O)Nc2ccccc2Cl)ccc1OCc1ccccc1C#N. The van der Waals surface area contributed by atoms with E-state index in [1.807, 2.05) is 19.1 Å². The number of hydrogen-bond acceptors (Lipinski definition) is 6. The Kier molecular flexibility index (Phi) is 9.22. The Morgan fingerprint density at radius 1 is 1.03 bits per heavy atom. The lowest BCUT2D eigenvalue weighted by Crippen LogP contribution is -2.24. The first-order chi connectivity index (χ1) is 17.0. The van der Waals surface area contributed by atoms with Gasteiger partial charge in [0.15, 0.2) is 11.5 Å². The number of nitriles is 1. The first kappa shape index (κ1) is 25.3. The number of anilines is 1. The second-order valence-corrected chi connectivity index (χ2v) is 7.60. The van der Waals surface area contributed by atoms with Crippen molar-refractivity contribution >= 4 is 35.3 Å². The molecule has 0 fully saturated rings. The smallest absolute Gasteiger partial charge is 0.249 e. The number of amides is 2. The van der Waals surface area contributed by atoms with Gasteiger partial charge in [0, 0.05) is 5.56 Å². The first-order valence-corrected chi connectivity index (χ1v) is 11.1. The lowest BCUT2D eigenvalue weighted by Gasteiger charge is -2.13. The molecule has 0 aliphatic rings. The van der Waals surface area contributed by atoms with E-state index in [2.05, 4.69) is 21.9 Å². The van der Waals surface area contributed by atoms with Crippen LogP contribution in [-0.2, 0) is 16.2 Å². The average molecular weight is 491 g/mol. The van der Waals surface area contributed by atoms with E-state index in [1.165, 1.54) is 6.21 Å². The topological polar surface area (TPSA) is 113 Å². The standard InChI is InChI=1S/C26H23ClN4O4/c1-2-34-24-13-18(11-12-23(24)35-17-20-8-4-3-7-19(20)15-28)16-29-31-26(33)14-25(32)30-22-10-6-5-9-21(22)27/h3-13,16H,2,14,17H2,1H3,(H,30,32)(H,31,33). The molecular weight excluding hydrogens is 468 g/mol. The maximum atomic E-state index is 12.0. The van der Waals surface area contributed by atoms with Crippen LogP contribution in [0.3, 0.4) is 0 Å². The minimum Gasteiger partial charge on any atom is -0.490 e. The number of hydrazone groups is 1. The number of hydrogen-bond donors (Lipinski definition) is 2. The van der Waals surface area contributed by atoms with Gasteiger partial charge in [0.1, 0.15) is 13.0 Å². The van der Waals surface area contributed by atoms with Gasteiger partial charge in [-0.2, -0.15) is 10.4 Å². The normalized spacial score (nSPS) is 10.4. The largest absolute Gasteiger partial charge is 0.490 e. The van der Waals surface area contributed by atoms with E-state index in [0.717, 1.165) is 5.56 Å². The van der Waals surface area contributed by atoms with Crippen molar-refractivity contribution in [3.8, 4) is 17.6 Å². The molecule has 8 nitrogen and oxygen atoms in total. The molecule has 0 bridgehead atoms. The van der Waals surface area contributed by atoms with Crippen LogP contribution in [0.2, 0.25) is 5.02 Å². The van der Waals surface area contributed by atoms with Crippen molar-refractivity contribution in [2.45, 2.75) is 20.0 Å². The summed E-state index contributed by atoms with van der Waals surface area (Å²) in [7, 11) is 0. The van der Waals surface area contributed by atoms with Crippen molar-refractivity contribution in [2.75, 3.05) is 11.9 Å². The van der Waals surface area contributed by atoms with Gasteiger partial charge < -0.3 is 14.8 Å². The molecular formula is C26H23ClN4O4. The highest BCUT2D eigenvalue weighted by Gasteiger charge is 2.11. The molecule has 0 aliphatic heterocycles. The number of benzene rings is 3. The summed E-state index contributed by atoms with van der Waals surface area (Å²) < 4.78 is 11.5. The third-order valence-electron chi connectivity index (χ3n) is 4.66. The number of ether oxygens (including phenoxy) is 2. The third kappa shape index (κ3) is 7.59. The van der Waals surface area contributed by atoms with Gasteiger partial charge in [-0.05, 0) is 48.9 Å². The van der Waals surface area contributed by atoms with Crippen LogP contribution in [0.1, 0.15) is 30.0 Å². The van der Waals surface area contributed by atoms with E-state index in [-0.39, 0.29) is 6.61 Å². The highest BCUT2D eigenvalue weighted by atomic mass is 35.5. The van der Waals surface area contributed by atoms with Crippen LogP contribution in [0.4, 0.5) is 5.69 Å². The zero-order valence-electron chi connectivity index (χ0n) is 19.0. The van der Waals surface area contributed by atoms with Gasteiger partial charge in [-0.15, -0.1) is 0 Å². The summed E-state index contributed by atoms with van der Waals surface area (Å²) in [6.45, 7) is 2.48. The molecule has 0 aromatic heterocycles. The molecule has 3 rings (SSSR count). The van der Waals surface area contributed by atoms with Gasteiger partial charge in [-0.3, -0.25) is 9.59 Å². The van der Waals surface area contributed by atoms with Crippen LogP contribution in [0.15, 0.2) is 71.8 Å². The van der Waals surface area contributed by atoms with Crippen LogP contribution < -0.4 is 20.2 Å². The minimum absolute atomic E-state index is 0.212. The Balaban J connectivity index is 1.57. The van der Waals surface area contributed by atoms with Crippen molar-refractivity contribution in [1.82, 2.24) is 5.43 Å². The lowest BCUT2D eigenvalue weighted by atomic mass is 10.1. The Morgan fingerprint density at radius 2 is 1.80 bits per heavy atom. The molecule has 0 heterocycles. The monoisotopic (exact) mass is 490 g/mol. The number of nitrogens with zero attached hydrogens (tertiary/aromatic N) is 2.